The number of carbonyl (C=O) groups is 3. The Morgan fingerprint density at radius 1 is 1.24 bits per heavy atom. The number of hydrogen-bond acceptors (Lipinski definition) is 4. The minimum Gasteiger partial charge on any atom is -0.457 e. The van der Waals surface area contributed by atoms with E-state index in [0.717, 1.165) is 18.4 Å². The first-order chi connectivity index (χ1) is 16.2. The molecule has 1 aromatic carbocycles. The second kappa shape index (κ2) is 15.5. The van der Waals surface area contributed by atoms with Gasteiger partial charge in [0.15, 0.2) is 0 Å². The Hall–Kier alpha value is -3.35. The zero-order valence-corrected chi connectivity index (χ0v) is 20.7. The van der Waals surface area contributed by atoms with Crippen molar-refractivity contribution in [2.75, 3.05) is 13.1 Å². The SMILES string of the molecule is C=C/C=C(\C=C)Oc1cccc(CN(CCCC)C(=O)CNC(=O)C(CC(N)=O)CC(C)C)c1. The van der Waals surface area contributed by atoms with Crippen LogP contribution >= 0.6 is 0 Å². The van der Waals surface area contributed by atoms with E-state index in [-0.39, 0.29) is 30.7 Å². The summed E-state index contributed by atoms with van der Waals surface area (Å²) in [5.41, 5.74) is 6.21. The molecule has 0 radical (unpaired) electrons. The van der Waals surface area contributed by atoms with Gasteiger partial charge in [0.05, 0.1) is 6.54 Å². The second-order valence-electron chi connectivity index (χ2n) is 8.64. The molecule has 1 aromatic rings. The first-order valence-corrected chi connectivity index (χ1v) is 11.8. The Morgan fingerprint density at radius 2 is 1.97 bits per heavy atom. The average Bonchev–Trinajstić information content (AvgIpc) is 2.78. The summed E-state index contributed by atoms with van der Waals surface area (Å²) < 4.78 is 5.81. The molecule has 186 valence electrons. The molecule has 0 fully saturated rings. The predicted octanol–water partition coefficient (Wildman–Crippen LogP) is 4.10. The maximum absolute atomic E-state index is 13.0. The molecule has 1 rings (SSSR count). The second-order valence-corrected chi connectivity index (χ2v) is 8.64. The molecule has 3 amide bonds. The number of amides is 3. The fraction of sp³-hybridized carbons (Fsp3) is 0.444. The Labute approximate surface area is 203 Å². The quantitative estimate of drug-likeness (QED) is 0.281. The summed E-state index contributed by atoms with van der Waals surface area (Å²) in [5.74, 6) is -0.145. The van der Waals surface area contributed by atoms with E-state index in [1.54, 1.807) is 23.1 Å². The van der Waals surface area contributed by atoms with Gasteiger partial charge in [0, 0.05) is 25.4 Å². The highest BCUT2D eigenvalue weighted by Crippen LogP contribution is 2.19. The van der Waals surface area contributed by atoms with Crippen LogP contribution in [-0.4, -0.2) is 35.7 Å². The van der Waals surface area contributed by atoms with Crippen molar-refractivity contribution in [3.63, 3.8) is 0 Å². The zero-order chi connectivity index (χ0) is 25.5. The van der Waals surface area contributed by atoms with Crippen molar-refractivity contribution in [3.8, 4) is 5.75 Å². The number of hydrogen-bond donors (Lipinski definition) is 2. The number of unbranched alkanes of at least 4 members (excludes halogenated alkanes) is 1. The van der Waals surface area contributed by atoms with Gasteiger partial charge in [0.1, 0.15) is 11.5 Å². The summed E-state index contributed by atoms with van der Waals surface area (Å²) in [6.07, 6.45) is 7.21. The normalized spacial score (nSPS) is 12.1. The smallest absolute Gasteiger partial charge is 0.242 e. The number of carbonyl (C=O) groups excluding carboxylic acids is 3. The number of ether oxygens (including phenoxy) is 1. The predicted molar refractivity (Wildman–Crippen MR) is 136 cm³/mol. The van der Waals surface area contributed by atoms with Crippen LogP contribution in [0.15, 0.2) is 61.4 Å². The summed E-state index contributed by atoms with van der Waals surface area (Å²) in [7, 11) is 0. The van der Waals surface area contributed by atoms with Crippen LogP contribution in [0.1, 0.15) is 52.0 Å². The Morgan fingerprint density at radius 3 is 2.56 bits per heavy atom. The molecule has 0 aliphatic heterocycles. The van der Waals surface area contributed by atoms with Gasteiger partial charge in [-0.2, -0.15) is 0 Å². The van der Waals surface area contributed by atoms with Crippen LogP contribution in [0, 0.1) is 11.8 Å². The molecule has 34 heavy (non-hydrogen) atoms. The average molecular weight is 470 g/mol. The summed E-state index contributed by atoms with van der Waals surface area (Å²) >= 11 is 0. The highest BCUT2D eigenvalue weighted by Gasteiger charge is 2.23. The largest absolute Gasteiger partial charge is 0.457 e. The van der Waals surface area contributed by atoms with Gasteiger partial charge in [-0.05, 0) is 48.6 Å². The van der Waals surface area contributed by atoms with Crippen LogP contribution in [0.4, 0.5) is 0 Å². The third-order valence-corrected chi connectivity index (χ3v) is 5.11. The van der Waals surface area contributed by atoms with Gasteiger partial charge >= 0.3 is 0 Å². The Balaban J connectivity index is 2.87. The van der Waals surface area contributed by atoms with Gasteiger partial charge in [0.2, 0.25) is 17.7 Å². The van der Waals surface area contributed by atoms with Crippen molar-refractivity contribution < 1.29 is 19.1 Å². The molecule has 0 saturated heterocycles. The number of nitrogens with zero attached hydrogens (tertiary/aromatic N) is 1. The van der Waals surface area contributed by atoms with E-state index in [2.05, 4.69) is 25.4 Å². The molecule has 0 heterocycles. The Kier molecular flexibility index (Phi) is 13.1. The third kappa shape index (κ3) is 11.0. The molecule has 3 N–H and O–H groups in total. The van der Waals surface area contributed by atoms with Crippen molar-refractivity contribution in [3.05, 3.63) is 67.0 Å². The lowest BCUT2D eigenvalue weighted by Crippen LogP contribution is -2.43. The molecule has 7 nitrogen and oxygen atoms in total. The van der Waals surface area contributed by atoms with E-state index in [4.69, 9.17) is 10.5 Å². The van der Waals surface area contributed by atoms with Gasteiger partial charge < -0.3 is 20.7 Å². The Bertz CT molecular complexity index is 876. The molecule has 0 aliphatic rings. The fourth-order valence-corrected chi connectivity index (χ4v) is 3.48. The molecule has 0 aromatic heterocycles. The number of allylic oxidation sites excluding steroid dienone is 3. The molecule has 0 spiro atoms. The van der Waals surface area contributed by atoms with E-state index < -0.39 is 11.8 Å². The van der Waals surface area contributed by atoms with E-state index in [0.29, 0.717) is 31.0 Å². The number of nitrogens with two attached hydrogens (primary N) is 1. The van der Waals surface area contributed by atoms with Crippen LogP contribution in [0.2, 0.25) is 0 Å². The maximum atomic E-state index is 13.0. The summed E-state index contributed by atoms with van der Waals surface area (Å²) in [6.45, 7) is 14.2. The van der Waals surface area contributed by atoms with Gasteiger partial charge in [-0.1, -0.05) is 58.6 Å². The highest BCUT2D eigenvalue weighted by molar-refractivity contribution is 5.88. The summed E-state index contributed by atoms with van der Waals surface area (Å²) in [5, 5.41) is 2.70. The molecule has 0 aliphatic carbocycles. The van der Waals surface area contributed by atoms with Crippen LogP contribution in [-0.2, 0) is 20.9 Å². The van der Waals surface area contributed by atoms with Crippen molar-refractivity contribution in [2.45, 2.75) is 53.0 Å². The number of primary amides is 1. The van der Waals surface area contributed by atoms with Crippen LogP contribution in [0.3, 0.4) is 0 Å². The van der Waals surface area contributed by atoms with E-state index in [9.17, 15) is 14.4 Å². The molecule has 1 atom stereocenters. The summed E-state index contributed by atoms with van der Waals surface area (Å²) in [6, 6.07) is 7.49. The first-order valence-electron chi connectivity index (χ1n) is 11.8. The molecular weight excluding hydrogens is 430 g/mol. The van der Waals surface area contributed by atoms with Crippen LogP contribution < -0.4 is 15.8 Å². The van der Waals surface area contributed by atoms with Crippen molar-refractivity contribution in [1.82, 2.24) is 10.2 Å². The lowest BCUT2D eigenvalue weighted by Gasteiger charge is -2.24. The number of benzene rings is 1. The van der Waals surface area contributed by atoms with Gasteiger partial charge in [0.25, 0.3) is 0 Å². The number of nitrogens with one attached hydrogen (secondary N) is 1. The van der Waals surface area contributed by atoms with Gasteiger partial charge in [-0.25, -0.2) is 0 Å². The van der Waals surface area contributed by atoms with Gasteiger partial charge in [-0.3, -0.25) is 14.4 Å². The monoisotopic (exact) mass is 469 g/mol. The minimum atomic E-state index is -0.536. The highest BCUT2D eigenvalue weighted by atomic mass is 16.5. The topological polar surface area (TPSA) is 102 Å². The summed E-state index contributed by atoms with van der Waals surface area (Å²) in [4.78, 5) is 38.7. The molecule has 7 heteroatoms. The van der Waals surface area contributed by atoms with E-state index in [1.165, 1.54) is 0 Å². The molecular formula is C27H39N3O4. The third-order valence-electron chi connectivity index (χ3n) is 5.11. The molecule has 0 bridgehead atoms. The maximum Gasteiger partial charge on any atom is 0.242 e. The van der Waals surface area contributed by atoms with Crippen molar-refractivity contribution in [1.29, 1.82) is 0 Å². The molecule has 1 unspecified atom stereocenters. The van der Waals surface area contributed by atoms with Crippen molar-refractivity contribution >= 4 is 17.7 Å². The van der Waals surface area contributed by atoms with Crippen molar-refractivity contribution in [2.24, 2.45) is 17.6 Å². The van der Waals surface area contributed by atoms with Gasteiger partial charge in [-0.15, -0.1) is 0 Å². The van der Waals surface area contributed by atoms with E-state index >= 15 is 0 Å². The lowest BCUT2D eigenvalue weighted by atomic mass is 9.93. The fourth-order valence-electron chi connectivity index (χ4n) is 3.48. The van der Waals surface area contributed by atoms with Crippen LogP contribution in [0.5, 0.6) is 5.75 Å². The first kappa shape index (κ1) is 28.7. The molecule has 0 saturated carbocycles. The zero-order valence-electron chi connectivity index (χ0n) is 20.7. The minimum absolute atomic E-state index is 0.0302. The van der Waals surface area contributed by atoms with E-state index in [1.807, 2.05) is 38.1 Å². The standard InChI is InChI=1S/C27H39N3O4/c1-6-9-14-30(19-21-12-10-13-24(16-21)34-23(8-3)11-7-2)26(32)18-29-27(33)22(15-20(4)5)17-25(28)31/h7-8,10-13,16,20,22H,2-3,6,9,14-15,17-19H2,1,4-5H3,(H2,28,31)(H,29,33)/b23-11+. The van der Waals surface area contributed by atoms with Crippen LogP contribution in [0.25, 0.3) is 0 Å². The number of rotatable bonds is 16. The lowest BCUT2D eigenvalue weighted by molar-refractivity contribution is -0.135.